The van der Waals surface area contributed by atoms with Crippen molar-refractivity contribution >= 4 is 27.4 Å². The van der Waals surface area contributed by atoms with E-state index in [0.29, 0.717) is 5.58 Å². The lowest BCUT2D eigenvalue weighted by atomic mass is 10.0. The molecule has 0 bridgehead atoms. The molecule has 3 aromatic rings. The van der Waals surface area contributed by atoms with Gasteiger partial charge in [0.1, 0.15) is 5.58 Å². The molecule has 0 atom stereocenters. The maximum Gasteiger partial charge on any atom is 0.338 e. The molecule has 21 heavy (non-hydrogen) atoms. The monoisotopic (exact) mass is 279 g/mol. The normalized spacial score (nSPS) is 15.7. The number of rotatable bonds is 1. The highest BCUT2D eigenvalue weighted by atomic mass is 16.4. The standard InChI is InChI=1S/C18H17NO2/c20-18-12-16(19-8-4-1-5-9-19)15-10-13-6-2-3-7-14(13)11-17(15)21-18/h2-3,6-7,10-12H,1,4-5,8-9H2. The molecule has 1 fully saturated rings. The van der Waals surface area contributed by atoms with Gasteiger partial charge in [0, 0.05) is 24.5 Å². The molecule has 0 N–H and O–H groups in total. The Morgan fingerprint density at radius 3 is 2.38 bits per heavy atom. The number of hydrogen-bond acceptors (Lipinski definition) is 3. The van der Waals surface area contributed by atoms with Crippen LogP contribution in [0, 0.1) is 0 Å². The van der Waals surface area contributed by atoms with Crippen molar-refractivity contribution in [2.75, 3.05) is 18.0 Å². The molecule has 106 valence electrons. The quantitative estimate of drug-likeness (QED) is 0.500. The summed E-state index contributed by atoms with van der Waals surface area (Å²) in [6.45, 7) is 2.04. The minimum atomic E-state index is -0.265. The highest BCUT2D eigenvalue weighted by Gasteiger charge is 2.16. The molecule has 0 saturated carbocycles. The largest absolute Gasteiger partial charge is 0.423 e. The second-order valence-electron chi connectivity index (χ2n) is 5.69. The molecule has 1 aliphatic rings. The maximum atomic E-state index is 11.9. The van der Waals surface area contributed by atoms with Crippen LogP contribution in [0.15, 0.2) is 51.7 Å². The third-order valence-electron chi connectivity index (χ3n) is 4.29. The topological polar surface area (TPSA) is 33.5 Å². The third kappa shape index (κ3) is 2.19. The Morgan fingerprint density at radius 1 is 0.905 bits per heavy atom. The van der Waals surface area contributed by atoms with E-state index >= 15 is 0 Å². The molecule has 3 heteroatoms. The molecule has 0 spiro atoms. The predicted octanol–water partition coefficient (Wildman–Crippen LogP) is 3.94. The molecular weight excluding hydrogens is 262 g/mol. The minimum Gasteiger partial charge on any atom is -0.423 e. The lowest BCUT2D eigenvalue weighted by molar-refractivity contribution is 0.553. The Balaban J connectivity index is 1.99. The Hall–Kier alpha value is -2.29. The summed E-state index contributed by atoms with van der Waals surface area (Å²) in [6, 6.07) is 13.9. The fourth-order valence-corrected chi connectivity index (χ4v) is 3.23. The SMILES string of the molecule is O=c1cc(N2CCCCC2)c2cc3ccccc3cc2o1. The molecule has 3 nitrogen and oxygen atoms in total. The summed E-state index contributed by atoms with van der Waals surface area (Å²) in [5.74, 6) is 0. The van der Waals surface area contributed by atoms with E-state index in [1.54, 1.807) is 6.07 Å². The van der Waals surface area contributed by atoms with Crippen LogP contribution in [-0.2, 0) is 0 Å². The molecule has 2 heterocycles. The van der Waals surface area contributed by atoms with Gasteiger partial charge in [0.15, 0.2) is 0 Å². The van der Waals surface area contributed by atoms with E-state index in [1.165, 1.54) is 24.6 Å². The number of piperidine rings is 1. The van der Waals surface area contributed by atoms with Gasteiger partial charge in [-0.15, -0.1) is 0 Å². The second-order valence-corrected chi connectivity index (χ2v) is 5.69. The Morgan fingerprint density at radius 2 is 1.62 bits per heavy atom. The van der Waals surface area contributed by atoms with E-state index in [-0.39, 0.29) is 5.63 Å². The highest BCUT2D eigenvalue weighted by molar-refractivity contribution is 6.01. The number of hydrogen-bond donors (Lipinski definition) is 0. The van der Waals surface area contributed by atoms with Crippen LogP contribution in [-0.4, -0.2) is 13.1 Å². The molecule has 0 unspecified atom stereocenters. The first-order chi connectivity index (χ1) is 10.3. The average Bonchev–Trinajstić information content (AvgIpc) is 2.53. The Labute approximate surface area is 122 Å². The van der Waals surface area contributed by atoms with Crippen molar-refractivity contribution in [2.45, 2.75) is 19.3 Å². The second kappa shape index (κ2) is 4.92. The van der Waals surface area contributed by atoms with Crippen molar-refractivity contribution in [1.29, 1.82) is 0 Å². The van der Waals surface area contributed by atoms with Gasteiger partial charge in [-0.25, -0.2) is 4.79 Å². The van der Waals surface area contributed by atoms with Crippen molar-refractivity contribution in [3.63, 3.8) is 0 Å². The van der Waals surface area contributed by atoms with E-state index in [9.17, 15) is 4.79 Å². The van der Waals surface area contributed by atoms with Crippen LogP contribution in [0.4, 0.5) is 5.69 Å². The van der Waals surface area contributed by atoms with Crippen LogP contribution in [0.5, 0.6) is 0 Å². The first-order valence-corrected chi connectivity index (χ1v) is 7.53. The average molecular weight is 279 g/mol. The van der Waals surface area contributed by atoms with Crippen LogP contribution in [0.2, 0.25) is 0 Å². The summed E-state index contributed by atoms with van der Waals surface area (Å²) in [6.07, 6.45) is 3.66. The van der Waals surface area contributed by atoms with Crippen LogP contribution < -0.4 is 10.5 Å². The van der Waals surface area contributed by atoms with E-state index in [2.05, 4.69) is 17.0 Å². The summed E-state index contributed by atoms with van der Waals surface area (Å²) in [4.78, 5) is 14.2. The van der Waals surface area contributed by atoms with E-state index < -0.39 is 0 Å². The predicted molar refractivity (Wildman–Crippen MR) is 86.1 cm³/mol. The number of fused-ring (bicyclic) bond motifs is 2. The van der Waals surface area contributed by atoms with Gasteiger partial charge in [0.25, 0.3) is 0 Å². The van der Waals surface area contributed by atoms with Gasteiger partial charge in [-0.2, -0.15) is 0 Å². The highest BCUT2D eigenvalue weighted by Crippen LogP contribution is 2.30. The zero-order valence-corrected chi connectivity index (χ0v) is 11.8. The summed E-state index contributed by atoms with van der Waals surface area (Å²) in [5, 5.41) is 3.32. The molecule has 0 radical (unpaired) electrons. The zero-order valence-electron chi connectivity index (χ0n) is 11.8. The van der Waals surface area contributed by atoms with Crippen LogP contribution in [0.3, 0.4) is 0 Å². The van der Waals surface area contributed by atoms with E-state index in [1.807, 2.05) is 24.3 Å². The molecule has 2 aromatic carbocycles. The zero-order chi connectivity index (χ0) is 14.2. The van der Waals surface area contributed by atoms with Crippen LogP contribution in [0.1, 0.15) is 19.3 Å². The van der Waals surface area contributed by atoms with Gasteiger partial charge in [-0.3, -0.25) is 0 Å². The Bertz CT molecular complexity index is 860. The van der Waals surface area contributed by atoms with Crippen molar-refractivity contribution in [1.82, 2.24) is 0 Å². The lowest BCUT2D eigenvalue weighted by Crippen LogP contribution is -2.30. The fourth-order valence-electron chi connectivity index (χ4n) is 3.23. The summed E-state index contributed by atoms with van der Waals surface area (Å²) in [5.41, 5.74) is 1.44. The fraction of sp³-hybridized carbons (Fsp3) is 0.278. The number of nitrogens with zero attached hydrogens (tertiary/aromatic N) is 1. The summed E-state index contributed by atoms with van der Waals surface area (Å²) < 4.78 is 5.42. The van der Waals surface area contributed by atoms with Gasteiger partial charge in [0.2, 0.25) is 0 Å². The molecule has 1 saturated heterocycles. The molecule has 4 rings (SSSR count). The lowest BCUT2D eigenvalue weighted by Gasteiger charge is -2.29. The summed E-state index contributed by atoms with van der Waals surface area (Å²) >= 11 is 0. The van der Waals surface area contributed by atoms with Gasteiger partial charge in [0.05, 0.1) is 5.69 Å². The van der Waals surface area contributed by atoms with Gasteiger partial charge >= 0.3 is 5.63 Å². The van der Waals surface area contributed by atoms with E-state index in [0.717, 1.165) is 29.5 Å². The molecular formula is C18H17NO2. The summed E-state index contributed by atoms with van der Waals surface area (Å²) in [7, 11) is 0. The molecule has 1 aliphatic heterocycles. The van der Waals surface area contributed by atoms with Crippen molar-refractivity contribution < 1.29 is 4.42 Å². The van der Waals surface area contributed by atoms with E-state index in [4.69, 9.17) is 4.42 Å². The first kappa shape index (κ1) is 12.5. The van der Waals surface area contributed by atoms with Gasteiger partial charge in [-0.05, 0) is 42.2 Å². The van der Waals surface area contributed by atoms with Gasteiger partial charge in [-0.1, -0.05) is 24.3 Å². The van der Waals surface area contributed by atoms with Crippen molar-refractivity contribution in [2.24, 2.45) is 0 Å². The molecule has 1 aromatic heterocycles. The van der Waals surface area contributed by atoms with Crippen molar-refractivity contribution in [3.05, 3.63) is 52.9 Å². The maximum absolute atomic E-state index is 11.9. The molecule has 0 aliphatic carbocycles. The van der Waals surface area contributed by atoms with Crippen LogP contribution in [0.25, 0.3) is 21.7 Å². The third-order valence-corrected chi connectivity index (χ3v) is 4.29. The molecule has 0 amide bonds. The van der Waals surface area contributed by atoms with Crippen LogP contribution >= 0.6 is 0 Å². The smallest absolute Gasteiger partial charge is 0.338 e. The number of benzene rings is 2. The first-order valence-electron chi connectivity index (χ1n) is 7.53. The number of anilines is 1. The Kier molecular flexibility index (Phi) is 2.92. The van der Waals surface area contributed by atoms with Crippen molar-refractivity contribution in [3.8, 4) is 0 Å². The minimum absolute atomic E-state index is 0.265. The van der Waals surface area contributed by atoms with Gasteiger partial charge < -0.3 is 9.32 Å².